The number of ether oxygens (including phenoxy) is 3. The summed E-state index contributed by atoms with van der Waals surface area (Å²) in [6.45, 7) is 6.55. The predicted octanol–water partition coefficient (Wildman–Crippen LogP) is 24.1. The monoisotopic (exact) mass is 1120 g/mol. The van der Waals surface area contributed by atoms with E-state index in [1.807, 2.05) is 0 Å². The van der Waals surface area contributed by atoms with Crippen LogP contribution in [-0.2, 0) is 28.6 Å². The lowest BCUT2D eigenvalue weighted by molar-refractivity contribution is -0.167. The lowest BCUT2D eigenvalue weighted by Crippen LogP contribution is -2.30. The Balaban J connectivity index is 4.24. The molecule has 1 unspecified atom stereocenters. The third kappa shape index (κ3) is 65.7. The van der Waals surface area contributed by atoms with Crippen molar-refractivity contribution in [3.8, 4) is 0 Å². The van der Waals surface area contributed by atoms with Crippen molar-refractivity contribution in [1.82, 2.24) is 0 Å². The van der Waals surface area contributed by atoms with Gasteiger partial charge in [0.15, 0.2) is 6.10 Å². The van der Waals surface area contributed by atoms with Crippen molar-refractivity contribution in [2.75, 3.05) is 13.2 Å². The van der Waals surface area contributed by atoms with E-state index in [4.69, 9.17) is 14.2 Å². The molecule has 0 aliphatic heterocycles. The topological polar surface area (TPSA) is 78.9 Å². The molecule has 0 saturated carbocycles. The Labute approximate surface area is 497 Å². The van der Waals surface area contributed by atoms with Crippen molar-refractivity contribution in [3.05, 3.63) is 72.9 Å². The van der Waals surface area contributed by atoms with Crippen LogP contribution in [0, 0.1) is 0 Å². The molecule has 0 amide bonds. The Morgan fingerprint density at radius 1 is 0.263 bits per heavy atom. The quantitative estimate of drug-likeness (QED) is 0.0261. The van der Waals surface area contributed by atoms with Crippen LogP contribution < -0.4 is 0 Å². The van der Waals surface area contributed by atoms with Gasteiger partial charge in [0.1, 0.15) is 13.2 Å². The Bertz CT molecular complexity index is 1470. The molecule has 6 heteroatoms. The molecule has 0 aromatic rings. The minimum Gasteiger partial charge on any atom is -0.462 e. The SMILES string of the molecule is CC/C=C\C/C=C\C/C=C\C/C=C\CCCCCCCCCCCCCCCCCCC(=O)OCC(COC(=O)CCCCCCC/C=C\C/C=C\CCCCC)OC(=O)CCCCCCCCCCCCCCCCCCCC. The highest BCUT2D eigenvalue weighted by Gasteiger charge is 2.19. The van der Waals surface area contributed by atoms with Crippen LogP contribution in [0.1, 0.15) is 361 Å². The van der Waals surface area contributed by atoms with Gasteiger partial charge in [-0.3, -0.25) is 14.4 Å². The molecule has 0 N–H and O–H groups in total. The van der Waals surface area contributed by atoms with E-state index in [-0.39, 0.29) is 31.1 Å². The zero-order chi connectivity index (χ0) is 57.8. The fraction of sp³-hybridized carbons (Fsp3) is 0.797. The highest BCUT2D eigenvalue weighted by Crippen LogP contribution is 2.18. The third-order valence-electron chi connectivity index (χ3n) is 15.4. The summed E-state index contributed by atoms with van der Waals surface area (Å²) in [6, 6.07) is 0. The molecule has 0 aliphatic carbocycles. The molecule has 0 rings (SSSR count). The lowest BCUT2D eigenvalue weighted by atomic mass is 10.0. The summed E-state index contributed by atoms with van der Waals surface area (Å²) in [5, 5.41) is 0. The van der Waals surface area contributed by atoms with Crippen molar-refractivity contribution >= 4 is 17.9 Å². The average Bonchev–Trinajstić information content (AvgIpc) is 3.46. The molecule has 0 fully saturated rings. The molecular formula is C74H132O6. The predicted molar refractivity (Wildman–Crippen MR) is 348 cm³/mol. The van der Waals surface area contributed by atoms with Crippen LogP contribution in [0.3, 0.4) is 0 Å². The van der Waals surface area contributed by atoms with Crippen molar-refractivity contribution in [2.24, 2.45) is 0 Å². The number of hydrogen-bond acceptors (Lipinski definition) is 6. The number of carbonyl (C=O) groups is 3. The normalized spacial score (nSPS) is 12.5. The summed E-state index contributed by atoms with van der Waals surface area (Å²) in [5.74, 6) is -0.866. The van der Waals surface area contributed by atoms with Crippen LogP contribution in [-0.4, -0.2) is 37.2 Å². The first-order valence-corrected chi connectivity index (χ1v) is 34.9. The second kappa shape index (κ2) is 68.3. The highest BCUT2D eigenvalue weighted by atomic mass is 16.6. The molecule has 0 saturated heterocycles. The molecule has 0 aliphatic rings. The highest BCUT2D eigenvalue weighted by molar-refractivity contribution is 5.71. The Kier molecular flexibility index (Phi) is 65.7. The van der Waals surface area contributed by atoms with Gasteiger partial charge in [0.25, 0.3) is 0 Å². The summed E-state index contributed by atoms with van der Waals surface area (Å²) in [4.78, 5) is 38.4. The molecular weight excluding hydrogens is 985 g/mol. The van der Waals surface area contributed by atoms with Gasteiger partial charge >= 0.3 is 17.9 Å². The molecule has 0 bridgehead atoms. The number of unbranched alkanes of at least 4 members (excludes halogenated alkanes) is 41. The second-order valence-electron chi connectivity index (χ2n) is 23.4. The maximum absolute atomic E-state index is 12.9. The third-order valence-corrected chi connectivity index (χ3v) is 15.4. The van der Waals surface area contributed by atoms with Gasteiger partial charge in [-0.1, -0.05) is 325 Å². The van der Waals surface area contributed by atoms with Gasteiger partial charge in [0.05, 0.1) is 0 Å². The largest absolute Gasteiger partial charge is 0.462 e. The van der Waals surface area contributed by atoms with Gasteiger partial charge in [-0.25, -0.2) is 0 Å². The number of esters is 3. The zero-order valence-corrected chi connectivity index (χ0v) is 53.3. The van der Waals surface area contributed by atoms with Crippen molar-refractivity contribution in [2.45, 2.75) is 367 Å². The van der Waals surface area contributed by atoms with Crippen LogP contribution in [0.4, 0.5) is 0 Å². The smallest absolute Gasteiger partial charge is 0.306 e. The minimum absolute atomic E-state index is 0.0750. The van der Waals surface area contributed by atoms with Gasteiger partial charge in [0.2, 0.25) is 0 Å². The van der Waals surface area contributed by atoms with E-state index in [9.17, 15) is 14.4 Å². The molecule has 0 radical (unpaired) electrons. The van der Waals surface area contributed by atoms with E-state index < -0.39 is 6.10 Å². The molecule has 0 spiro atoms. The Morgan fingerprint density at radius 3 is 0.787 bits per heavy atom. The van der Waals surface area contributed by atoms with Crippen LogP contribution >= 0.6 is 0 Å². The first kappa shape index (κ1) is 76.9. The van der Waals surface area contributed by atoms with Gasteiger partial charge in [0, 0.05) is 19.3 Å². The molecule has 1 atom stereocenters. The van der Waals surface area contributed by atoms with E-state index in [0.717, 1.165) is 103 Å². The van der Waals surface area contributed by atoms with Crippen LogP contribution in [0.2, 0.25) is 0 Å². The Hall–Kier alpha value is -3.15. The number of rotatable bonds is 64. The molecule has 0 heterocycles. The summed E-state index contributed by atoms with van der Waals surface area (Å²) in [5.41, 5.74) is 0. The van der Waals surface area contributed by atoms with Crippen LogP contribution in [0.5, 0.6) is 0 Å². The van der Waals surface area contributed by atoms with Crippen LogP contribution in [0.25, 0.3) is 0 Å². The van der Waals surface area contributed by atoms with Crippen molar-refractivity contribution < 1.29 is 28.6 Å². The second-order valence-corrected chi connectivity index (χ2v) is 23.4. The summed E-state index contributed by atoms with van der Waals surface area (Å²) >= 11 is 0. The van der Waals surface area contributed by atoms with E-state index >= 15 is 0 Å². The van der Waals surface area contributed by atoms with Gasteiger partial charge in [-0.15, -0.1) is 0 Å². The van der Waals surface area contributed by atoms with E-state index in [1.165, 1.54) is 218 Å². The molecule has 6 nitrogen and oxygen atoms in total. The van der Waals surface area contributed by atoms with Gasteiger partial charge in [-0.2, -0.15) is 0 Å². The maximum atomic E-state index is 12.9. The van der Waals surface area contributed by atoms with E-state index in [2.05, 4.69) is 93.7 Å². The fourth-order valence-electron chi connectivity index (χ4n) is 10.2. The molecule has 0 aromatic heterocycles. The standard InChI is InChI=1S/C74H132O6/c1-4-7-10-13-16-19-22-25-28-30-32-33-34-35-36-37-38-39-40-41-42-44-46-49-52-55-58-61-64-67-73(76)79-70-71(69-78-72(75)66-63-60-57-54-51-48-45-27-24-21-18-15-12-9-6-3)80-74(77)68-65-62-59-56-53-50-47-43-31-29-26-23-20-17-14-11-8-5-2/h7,10,16,18-19,21,25,27-28,32-33,45,71H,4-6,8-9,11-15,17,20,22-24,26,29-31,34-44,46-70H2,1-3H3/b10-7-,19-16-,21-18-,28-25-,33-32-,45-27-. The maximum Gasteiger partial charge on any atom is 0.306 e. The summed E-state index contributed by atoms with van der Waals surface area (Å²) in [6.07, 6.45) is 89.3. The first-order chi connectivity index (χ1) is 39.5. The number of carbonyl (C=O) groups excluding carboxylic acids is 3. The van der Waals surface area contributed by atoms with Crippen LogP contribution in [0.15, 0.2) is 72.9 Å². The molecule has 0 aromatic carbocycles. The van der Waals surface area contributed by atoms with Crippen molar-refractivity contribution in [3.63, 3.8) is 0 Å². The van der Waals surface area contributed by atoms with Crippen molar-refractivity contribution in [1.29, 1.82) is 0 Å². The minimum atomic E-state index is -0.779. The Morgan fingerprint density at radius 2 is 0.487 bits per heavy atom. The first-order valence-electron chi connectivity index (χ1n) is 34.9. The molecule has 464 valence electrons. The summed E-state index contributed by atoms with van der Waals surface area (Å²) < 4.78 is 17.0. The molecule has 80 heavy (non-hydrogen) atoms. The lowest BCUT2D eigenvalue weighted by Gasteiger charge is -2.18. The van der Waals surface area contributed by atoms with Gasteiger partial charge < -0.3 is 14.2 Å². The number of hydrogen-bond donors (Lipinski definition) is 0. The van der Waals surface area contributed by atoms with Gasteiger partial charge in [-0.05, 0) is 89.9 Å². The number of allylic oxidation sites excluding steroid dienone is 12. The van der Waals surface area contributed by atoms with E-state index in [1.54, 1.807) is 0 Å². The fourth-order valence-corrected chi connectivity index (χ4v) is 10.2. The van der Waals surface area contributed by atoms with E-state index in [0.29, 0.717) is 19.3 Å². The average molecular weight is 1120 g/mol. The zero-order valence-electron chi connectivity index (χ0n) is 53.3. The summed E-state index contributed by atoms with van der Waals surface area (Å²) in [7, 11) is 0.